The summed E-state index contributed by atoms with van der Waals surface area (Å²) in [7, 11) is 0. The van der Waals surface area contributed by atoms with E-state index in [2.05, 4.69) is 76.3 Å². The number of anilines is 1. The predicted octanol–water partition coefficient (Wildman–Crippen LogP) is 9.01. The van der Waals surface area contributed by atoms with Crippen LogP contribution in [0.3, 0.4) is 0 Å². The van der Waals surface area contributed by atoms with Crippen molar-refractivity contribution in [3.63, 3.8) is 0 Å². The molecule has 0 saturated carbocycles. The molecule has 230 valence electrons. The zero-order valence-electron chi connectivity index (χ0n) is 25.6. The van der Waals surface area contributed by atoms with Gasteiger partial charge in [0.05, 0.1) is 10.7 Å². The van der Waals surface area contributed by atoms with Crippen LogP contribution >= 0.6 is 11.6 Å². The molecular weight excluding hydrogens is 590 g/mol. The summed E-state index contributed by atoms with van der Waals surface area (Å²) in [6.45, 7) is 3.56. The molecule has 46 heavy (non-hydrogen) atoms. The lowest BCUT2D eigenvalue weighted by atomic mass is 9.87. The van der Waals surface area contributed by atoms with Gasteiger partial charge < -0.3 is 19.1 Å². The summed E-state index contributed by atoms with van der Waals surface area (Å²) in [5.74, 6) is 1.53. The number of para-hydroxylation sites is 3. The molecule has 1 aliphatic rings. The number of halogens is 1. The van der Waals surface area contributed by atoms with Gasteiger partial charge in [-0.1, -0.05) is 103 Å². The van der Waals surface area contributed by atoms with Crippen molar-refractivity contribution in [1.29, 1.82) is 0 Å². The van der Waals surface area contributed by atoms with Crippen molar-refractivity contribution < 1.29 is 9.53 Å². The Hall–Kier alpha value is -5.00. The van der Waals surface area contributed by atoms with Crippen molar-refractivity contribution >= 4 is 34.1 Å². The fourth-order valence-electron chi connectivity index (χ4n) is 6.50. The largest absolute Gasteiger partial charge is 0.457 e. The molecule has 1 amide bonds. The molecule has 0 bridgehead atoms. The van der Waals surface area contributed by atoms with Crippen molar-refractivity contribution in [3.05, 3.63) is 161 Å². The van der Waals surface area contributed by atoms with E-state index in [1.165, 1.54) is 5.56 Å². The number of carbonyl (C=O) groups excluding carboxylic acids is 1. The van der Waals surface area contributed by atoms with Crippen molar-refractivity contribution in [2.45, 2.75) is 18.9 Å². The molecule has 1 aliphatic heterocycles. The van der Waals surface area contributed by atoms with E-state index in [4.69, 9.17) is 16.3 Å². The smallest absolute Gasteiger partial charge is 0.223 e. The van der Waals surface area contributed by atoms with Crippen LogP contribution in [0.2, 0.25) is 5.02 Å². The second kappa shape index (κ2) is 13.6. The third-order valence-electron chi connectivity index (χ3n) is 8.83. The number of hydrogen-bond acceptors (Lipinski definition) is 3. The number of nitrogens with zero attached hydrogens (tertiary/aromatic N) is 3. The van der Waals surface area contributed by atoms with Gasteiger partial charge in [-0.3, -0.25) is 4.79 Å². The van der Waals surface area contributed by atoms with Crippen LogP contribution in [-0.4, -0.2) is 41.6 Å². The van der Waals surface area contributed by atoms with Gasteiger partial charge in [-0.15, -0.1) is 0 Å². The van der Waals surface area contributed by atoms with E-state index in [-0.39, 0.29) is 11.8 Å². The average molecular weight is 626 g/mol. The van der Waals surface area contributed by atoms with Gasteiger partial charge in [-0.05, 0) is 59.2 Å². The van der Waals surface area contributed by atoms with E-state index >= 15 is 0 Å². The normalized spacial score (nSPS) is 13.9. The molecule has 2 heterocycles. The van der Waals surface area contributed by atoms with Crippen LogP contribution in [0.4, 0.5) is 5.69 Å². The highest BCUT2D eigenvalue weighted by atomic mass is 35.5. The summed E-state index contributed by atoms with van der Waals surface area (Å²) < 4.78 is 8.55. The van der Waals surface area contributed by atoms with Crippen LogP contribution in [0.15, 0.2) is 140 Å². The molecule has 5 aromatic carbocycles. The molecule has 0 N–H and O–H groups in total. The maximum absolute atomic E-state index is 14.1. The van der Waals surface area contributed by atoms with Crippen molar-refractivity contribution in [2.75, 3.05) is 31.1 Å². The van der Waals surface area contributed by atoms with E-state index in [0.29, 0.717) is 19.5 Å². The Morgan fingerprint density at radius 3 is 2.17 bits per heavy atom. The standard InChI is InChI=1S/C40H36ClN3O2/c41-37-19-8-10-21-39(37)42-22-24-43(25-23-42)40(45)27-35(31-14-11-17-33(26-31)46-32-15-5-2-6-16-32)36-29-44(28-30-12-3-1-4-13-30)38-20-9-7-18-34(36)38/h1-21,26,29,35H,22-25,27-28H2/t35-/m0/s1. The highest BCUT2D eigenvalue weighted by Gasteiger charge is 2.28. The maximum Gasteiger partial charge on any atom is 0.223 e. The van der Waals surface area contributed by atoms with Gasteiger partial charge in [-0.25, -0.2) is 0 Å². The topological polar surface area (TPSA) is 37.7 Å². The predicted molar refractivity (Wildman–Crippen MR) is 187 cm³/mol. The van der Waals surface area contributed by atoms with Gasteiger partial charge in [0.15, 0.2) is 0 Å². The zero-order chi connectivity index (χ0) is 31.3. The number of benzene rings is 5. The number of ether oxygens (including phenoxy) is 1. The Labute approximate surface area is 275 Å². The molecule has 1 atom stereocenters. The highest BCUT2D eigenvalue weighted by molar-refractivity contribution is 6.33. The van der Waals surface area contributed by atoms with E-state index in [1.54, 1.807) is 0 Å². The third-order valence-corrected chi connectivity index (χ3v) is 9.15. The van der Waals surface area contributed by atoms with Gasteiger partial charge in [0.25, 0.3) is 0 Å². The molecule has 0 spiro atoms. The number of rotatable bonds is 9. The molecule has 1 saturated heterocycles. The first-order valence-electron chi connectivity index (χ1n) is 15.8. The Kier molecular flexibility index (Phi) is 8.75. The minimum absolute atomic E-state index is 0.151. The van der Waals surface area contributed by atoms with Crippen LogP contribution in [0, 0.1) is 0 Å². The first-order chi connectivity index (χ1) is 22.6. The fraction of sp³-hybridized carbons (Fsp3) is 0.175. The van der Waals surface area contributed by atoms with Crippen LogP contribution in [0.5, 0.6) is 11.5 Å². The maximum atomic E-state index is 14.1. The second-order valence-corrected chi connectivity index (χ2v) is 12.2. The quantitative estimate of drug-likeness (QED) is 0.161. The molecular formula is C40H36ClN3O2. The molecule has 6 heteroatoms. The van der Waals surface area contributed by atoms with Crippen LogP contribution < -0.4 is 9.64 Å². The third kappa shape index (κ3) is 6.51. The second-order valence-electron chi connectivity index (χ2n) is 11.8. The van der Waals surface area contributed by atoms with Crippen LogP contribution in [0.1, 0.15) is 29.0 Å². The van der Waals surface area contributed by atoms with E-state index in [0.717, 1.165) is 63.9 Å². The summed E-state index contributed by atoms with van der Waals surface area (Å²) in [6, 6.07) is 45.0. The van der Waals surface area contributed by atoms with Crippen molar-refractivity contribution in [2.24, 2.45) is 0 Å². The van der Waals surface area contributed by atoms with Gasteiger partial charge in [0, 0.05) is 62.2 Å². The van der Waals surface area contributed by atoms with E-state index < -0.39 is 0 Å². The van der Waals surface area contributed by atoms with Gasteiger partial charge in [-0.2, -0.15) is 0 Å². The van der Waals surface area contributed by atoms with Crippen LogP contribution in [0.25, 0.3) is 10.9 Å². The summed E-state index contributed by atoms with van der Waals surface area (Å²) in [6.07, 6.45) is 2.61. The number of aromatic nitrogens is 1. The van der Waals surface area contributed by atoms with Gasteiger partial charge in [0.1, 0.15) is 11.5 Å². The molecule has 1 aromatic heterocycles. The zero-order valence-corrected chi connectivity index (χ0v) is 26.4. The average Bonchev–Trinajstić information content (AvgIpc) is 3.46. The fourth-order valence-corrected chi connectivity index (χ4v) is 6.75. The molecule has 0 aliphatic carbocycles. The number of amides is 1. The van der Waals surface area contributed by atoms with Crippen LogP contribution in [-0.2, 0) is 11.3 Å². The first-order valence-corrected chi connectivity index (χ1v) is 16.2. The van der Waals surface area contributed by atoms with E-state index in [1.807, 2.05) is 77.7 Å². The lowest BCUT2D eigenvalue weighted by molar-refractivity contribution is -0.131. The monoisotopic (exact) mass is 625 g/mol. The van der Waals surface area contributed by atoms with Crippen molar-refractivity contribution in [1.82, 2.24) is 9.47 Å². The minimum atomic E-state index is -0.157. The Bertz CT molecular complexity index is 1930. The number of piperazine rings is 1. The van der Waals surface area contributed by atoms with Gasteiger partial charge >= 0.3 is 0 Å². The Morgan fingerprint density at radius 2 is 1.39 bits per heavy atom. The number of fused-ring (bicyclic) bond motifs is 1. The minimum Gasteiger partial charge on any atom is -0.457 e. The summed E-state index contributed by atoms with van der Waals surface area (Å²) in [4.78, 5) is 18.4. The lowest BCUT2D eigenvalue weighted by Gasteiger charge is -2.37. The summed E-state index contributed by atoms with van der Waals surface area (Å²) >= 11 is 6.49. The molecule has 0 unspecified atom stereocenters. The Morgan fingerprint density at radius 1 is 0.717 bits per heavy atom. The SMILES string of the molecule is O=C(C[C@@H](c1cccc(Oc2ccccc2)c1)c1cn(Cc2ccccc2)c2ccccc12)N1CCN(c2ccccc2Cl)CC1. The summed E-state index contributed by atoms with van der Waals surface area (Å²) in [5.41, 5.74) is 5.61. The molecule has 1 fully saturated rings. The first kappa shape index (κ1) is 29.7. The number of hydrogen-bond donors (Lipinski definition) is 0. The Balaban J connectivity index is 1.21. The molecule has 7 rings (SSSR count). The lowest BCUT2D eigenvalue weighted by Crippen LogP contribution is -2.49. The summed E-state index contributed by atoms with van der Waals surface area (Å²) in [5, 5.41) is 1.90. The highest BCUT2D eigenvalue weighted by Crippen LogP contribution is 2.37. The molecule has 0 radical (unpaired) electrons. The molecule has 6 aromatic rings. The van der Waals surface area contributed by atoms with Crippen molar-refractivity contribution in [3.8, 4) is 11.5 Å². The van der Waals surface area contributed by atoms with E-state index in [9.17, 15) is 4.79 Å². The van der Waals surface area contributed by atoms with Gasteiger partial charge in [0.2, 0.25) is 5.91 Å². The number of carbonyl (C=O) groups is 1. The molecule has 5 nitrogen and oxygen atoms in total.